The van der Waals surface area contributed by atoms with E-state index in [1.165, 1.54) is 28.6 Å². The molecule has 0 bridgehead atoms. The molecule has 10 nitrogen and oxygen atoms in total. The van der Waals surface area contributed by atoms with Crippen LogP contribution in [-0.2, 0) is 10.0 Å². The molecule has 1 aliphatic heterocycles. The Kier molecular flexibility index (Phi) is 7.90. The van der Waals surface area contributed by atoms with Crippen molar-refractivity contribution < 1.29 is 27.1 Å². The molecule has 36 heavy (non-hydrogen) atoms. The maximum Gasteiger partial charge on any atom is 0.322 e. The molecule has 0 aliphatic carbocycles. The number of benzene rings is 2. The Balaban J connectivity index is 1.46. The molecule has 1 N–H and O–H groups in total. The Morgan fingerprint density at radius 2 is 1.78 bits per heavy atom. The normalized spacial score (nSPS) is 16.5. The van der Waals surface area contributed by atoms with Crippen molar-refractivity contribution in [1.82, 2.24) is 14.5 Å². The minimum Gasteiger partial charge on any atom is -0.490 e. The summed E-state index contributed by atoms with van der Waals surface area (Å²) >= 11 is 0. The van der Waals surface area contributed by atoms with Crippen LogP contribution in [0.25, 0.3) is 11.5 Å². The molecule has 2 heterocycles. The minimum absolute atomic E-state index is 0.0431. The molecule has 11 heteroatoms. The van der Waals surface area contributed by atoms with E-state index in [1.807, 2.05) is 20.8 Å². The van der Waals surface area contributed by atoms with E-state index < -0.39 is 15.9 Å². The third-order valence-corrected chi connectivity index (χ3v) is 7.93. The van der Waals surface area contributed by atoms with E-state index in [2.05, 4.69) is 15.5 Å². The summed E-state index contributed by atoms with van der Waals surface area (Å²) in [6.07, 6.45) is 2.71. The van der Waals surface area contributed by atoms with Crippen molar-refractivity contribution in [2.75, 3.05) is 25.1 Å². The first-order valence-electron chi connectivity index (χ1n) is 12.0. The maximum atomic E-state index is 13.0. The molecule has 192 valence electrons. The third kappa shape index (κ3) is 5.52. The fraction of sp³-hybridized carbons (Fsp3) is 0.400. The van der Waals surface area contributed by atoms with E-state index in [0.717, 1.165) is 19.3 Å². The van der Waals surface area contributed by atoms with Crippen LogP contribution in [0, 0.1) is 0 Å². The average molecular weight is 515 g/mol. The maximum absolute atomic E-state index is 13.0. The van der Waals surface area contributed by atoms with Crippen molar-refractivity contribution in [3.05, 3.63) is 48.0 Å². The minimum atomic E-state index is -3.61. The summed E-state index contributed by atoms with van der Waals surface area (Å²) in [6.45, 7) is 7.15. The highest BCUT2D eigenvalue weighted by molar-refractivity contribution is 7.89. The summed E-state index contributed by atoms with van der Waals surface area (Å²) in [4.78, 5) is 12.9. The molecule has 0 spiro atoms. The average Bonchev–Trinajstić information content (AvgIpc) is 3.34. The molecule has 1 amide bonds. The predicted molar refractivity (Wildman–Crippen MR) is 134 cm³/mol. The number of amides is 1. The number of carbonyl (C=O) groups excluding carboxylic acids is 1. The topological polar surface area (TPSA) is 124 Å². The van der Waals surface area contributed by atoms with Crippen molar-refractivity contribution in [3.8, 4) is 23.0 Å². The summed E-state index contributed by atoms with van der Waals surface area (Å²) in [7, 11) is -3.61. The molecule has 0 radical (unpaired) electrons. The zero-order valence-electron chi connectivity index (χ0n) is 20.6. The number of hydrogen-bond acceptors (Lipinski definition) is 8. The van der Waals surface area contributed by atoms with Crippen LogP contribution >= 0.6 is 0 Å². The molecule has 1 unspecified atom stereocenters. The molecule has 1 saturated heterocycles. The highest BCUT2D eigenvalue weighted by Crippen LogP contribution is 2.33. The molecule has 1 fully saturated rings. The van der Waals surface area contributed by atoms with Crippen molar-refractivity contribution >= 4 is 21.9 Å². The lowest BCUT2D eigenvalue weighted by Gasteiger charge is -2.32. The molecule has 2 aromatic carbocycles. The standard InChI is InChI=1S/C25H30N4O6S/c1-4-33-21-14-11-19(16-22(21)34-5-2)24-27-28-25(35-24)26-23(30)18-9-12-20(13-10-18)36(31,32)29-15-7-6-8-17(29)3/h9-14,16-17H,4-8,15H2,1-3H3,(H,26,28,30). The molecule has 1 aromatic heterocycles. The van der Waals surface area contributed by atoms with E-state index in [1.54, 1.807) is 18.2 Å². The number of nitrogens with zero attached hydrogens (tertiary/aromatic N) is 3. The van der Waals surface area contributed by atoms with E-state index in [4.69, 9.17) is 13.9 Å². The fourth-order valence-electron chi connectivity index (χ4n) is 4.09. The van der Waals surface area contributed by atoms with Crippen LogP contribution in [0.4, 0.5) is 6.01 Å². The van der Waals surface area contributed by atoms with Crippen molar-refractivity contribution in [2.24, 2.45) is 0 Å². The first-order chi connectivity index (χ1) is 17.3. The van der Waals surface area contributed by atoms with E-state index in [-0.39, 0.29) is 28.4 Å². The third-order valence-electron chi connectivity index (χ3n) is 5.90. The van der Waals surface area contributed by atoms with Crippen LogP contribution in [0.2, 0.25) is 0 Å². The van der Waals surface area contributed by atoms with Crippen molar-refractivity contribution in [2.45, 2.75) is 51.0 Å². The van der Waals surface area contributed by atoms with Gasteiger partial charge in [-0.2, -0.15) is 4.31 Å². The van der Waals surface area contributed by atoms with Crippen LogP contribution in [0.3, 0.4) is 0 Å². The molecule has 3 aromatic rings. The van der Waals surface area contributed by atoms with E-state index in [0.29, 0.717) is 36.8 Å². The quantitative estimate of drug-likeness (QED) is 0.447. The van der Waals surface area contributed by atoms with Crippen LogP contribution in [0.15, 0.2) is 51.8 Å². The van der Waals surface area contributed by atoms with Gasteiger partial charge in [0.1, 0.15) is 0 Å². The molecule has 4 rings (SSSR count). The Bertz CT molecular complexity index is 1310. The zero-order valence-corrected chi connectivity index (χ0v) is 21.4. The first kappa shape index (κ1) is 25.6. The number of nitrogens with one attached hydrogen (secondary N) is 1. The lowest BCUT2D eigenvalue weighted by molar-refractivity contribution is 0.102. The molecule has 1 aliphatic rings. The van der Waals surface area contributed by atoms with Gasteiger partial charge in [0.15, 0.2) is 11.5 Å². The van der Waals surface area contributed by atoms with Gasteiger partial charge in [-0.1, -0.05) is 11.5 Å². The second-order valence-electron chi connectivity index (χ2n) is 8.38. The summed E-state index contributed by atoms with van der Waals surface area (Å²) < 4.78 is 44.3. The number of piperidine rings is 1. The number of ether oxygens (including phenoxy) is 2. The van der Waals surface area contributed by atoms with Gasteiger partial charge in [-0.15, -0.1) is 5.10 Å². The zero-order chi connectivity index (χ0) is 25.7. The summed E-state index contributed by atoms with van der Waals surface area (Å²) in [5, 5.41) is 10.5. The van der Waals surface area contributed by atoms with Gasteiger partial charge in [0.25, 0.3) is 5.91 Å². The summed E-state index contributed by atoms with van der Waals surface area (Å²) in [5.74, 6) is 0.861. The van der Waals surface area contributed by atoms with Crippen molar-refractivity contribution in [3.63, 3.8) is 0 Å². The number of carbonyl (C=O) groups is 1. The summed E-state index contributed by atoms with van der Waals surface area (Å²) in [5.41, 5.74) is 0.872. The molecule has 0 saturated carbocycles. The van der Waals surface area contributed by atoms with Crippen LogP contribution in [-0.4, -0.2) is 54.6 Å². The SMILES string of the molecule is CCOc1ccc(-c2nnc(NC(=O)c3ccc(S(=O)(=O)N4CCCCC4C)cc3)o2)cc1OCC. The van der Waals surface area contributed by atoms with Gasteiger partial charge in [-0.3, -0.25) is 10.1 Å². The van der Waals surface area contributed by atoms with Crippen molar-refractivity contribution in [1.29, 1.82) is 0 Å². The molecular formula is C25H30N4O6S. The first-order valence-corrected chi connectivity index (χ1v) is 13.4. The second-order valence-corrected chi connectivity index (χ2v) is 10.3. The Morgan fingerprint density at radius 1 is 1.06 bits per heavy atom. The van der Waals surface area contributed by atoms with Gasteiger partial charge in [-0.05, 0) is 76.1 Å². The van der Waals surface area contributed by atoms with Gasteiger partial charge in [0.2, 0.25) is 15.9 Å². The number of rotatable bonds is 9. The highest BCUT2D eigenvalue weighted by atomic mass is 32.2. The van der Waals surface area contributed by atoms with Gasteiger partial charge >= 0.3 is 6.01 Å². The van der Waals surface area contributed by atoms with Crippen LogP contribution < -0.4 is 14.8 Å². The Labute approximate surface area is 210 Å². The van der Waals surface area contributed by atoms with Crippen LogP contribution in [0.5, 0.6) is 11.5 Å². The largest absolute Gasteiger partial charge is 0.490 e. The Morgan fingerprint density at radius 3 is 2.47 bits per heavy atom. The van der Waals surface area contributed by atoms with Gasteiger partial charge < -0.3 is 13.9 Å². The summed E-state index contributed by atoms with van der Waals surface area (Å²) in [6, 6.07) is 10.9. The van der Waals surface area contributed by atoms with Crippen LogP contribution in [0.1, 0.15) is 50.4 Å². The fourth-order valence-corrected chi connectivity index (χ4v) is 5.79. The number of aromatic nitrogens is 2. The Hall–Kier alpha value is -3.44. The van der Waals surface area contributed by atoms with Gasteiger partial charge in [0, 0.05) is 23.7 Å². The van der Waals surface area contributed by atoms with E-state index in [9.17, 15) is 13.2 Å². The lowest BCUT2D eigenvalue weighted by Crippen LogP contribution is -2.41. The number of hydrogen-bond donors (Lipinski definition) is 1. The monoisotopic (exact) mass is 514 g/mol. The molecular weight excluding hydrogens is 484 g/mol. The number of sulfonamides is 1. The van der Waals surface area contributed by atoms with Gasteiger partial charge in [-0.25, -0.2) is 8.42 Å². The highest BCUT2D eigenvalue weighted by Gasteiger charge is 2.31. The smallest absolute Gasteiger partial charge is 0.322 e. The molecule has 1 atom stereocenters. The predicted octanol–water partition coefficient (Wildman–Crippen LogP) is 4.35. The van der Waals surface area contributed by atoms with E-state index >= 15 is 0 Å². The number of anilines is 1. The van der Waals surface area contributed by atoms with Gasteiger partial charge in [0.05, 0.1) is 18.1 Å². The second kappa shape index (κ2) is 11.1. The lowest BCUT2D eigenvalue weighted by atomic mass is 10.1.